The van der Waals surface area contributed by atoms with Crippen molar-refractivity contribution in [1.82, 2.24) is 19.5 Å². The van der Waals surface area contributed by atoms with E-state index in [4.69, 9.17) is 15.8 Å². The number of piperidine rings is 2. The molecule has 1 aromatic carbocycles. The minimum Gasteiger partial charge on any atom is -0.355 e. The van der Waals surface area contributed by atoms with Gasteiger partial charge in [0.1, 0.15) is 5.82 Å². The summed E-state index contributed by atoms with van der Waals surface area (Å²) in [4.78, 5) is 34.7. The molecule has 190 valence electrons. The number of hydrogen-bond acceptors (Lipinski definition) is 6. The number of benzene rings is 1. The first-order valence-electron chi connectivity index (χ1n) is 12.9. The van der Waals surface area contributed by atoms with E-state index in [1.54, 1.807) is 6.07 Å². The Morgan fingerprint density at radius 3 is 2.69 bits per heavy atom. The minimum absolute atomic E-state index is 0.0867. The number of carbonyl (C=O) groups is 2. The predicted molar refractivity (Wildman–Crippen MR) is 140 cm³/mol. The van der Waals surface area contributed by atoms with Crippen LogP contribution in [-0.2, 0) is 4.79 Å². The molecule has 0 radical (unpaired) electrons. The lowest BCUT2D eigenvalue weighted by molar-refractivity contribution is -0.114. The predicted octanol–water partition coefficient (Wildman–Crippen LogP) is 3.60. The average Bonchev–Trinajstić information content (AvgIpc) is 3.26. The van der Waals surface area contributed by atoms with E-state index in [0.717, 1.165) is 73.5 Å². The van der Waals surface area contributed by atoms with Crippen molar-refractivity contribution in [2.75, 3.05) is 29.9 Å². The molecule has 0 bridgehead atoms. The smallest absolute Gasteiger partial charge is 0.256 e. The van der Waals surface area contributed by atoms with Crippen molar-refractivity contribution in [3.8, 4) is 0 Å². The third-order valence-electron chi connectivity index (χ3n) is 7.20. The lowest BCUT2D eigenvalue weighted by atomic mass is 9.97. The first-order valence-corrected chi connectivity index (χ1v) is 12.9. The summed E-state index contributed by atoms with van der Waals surface area (Å²) < 4.78 is 1.82. The Bertz CT molecular complexity index is 1300. The molecule has 9 nitrogen and oxygen atoms in total. The highest BCUT2D eigenvalue weighted by Crippen LogP contribution is 2.34. The van der Waals surface area contributed by atoms with Gasteiger partial charge in [-0.15, -0.1) is 0 Å². The molecule has 5 rings (SSSR count). The highest BCUT2D eigenvalue weighted by molar-refractivity contribution is 6.03. The second-order valence-electron chi connectivity index (χ2n) is 10.2. The SMILES string of the molecule is CC(=O)Nc1ccc(C)cc1C(=O)N1CCCC[C@H]1c1cc2nc(N3CCCC(N)C3)c(C)cn2n1. The Balaban J connectivity index is 1.47. The molecule has 2 aliphatic rings. The van der Waals surface area contributed by atoms with Crippen molar-refractivity contribution in [1.29, 1.82) is 0 Å². The van der Waals surface area contributed by atoms with Crippen LogP contribution in [0.2, 0.25) is 0 Å². The molecule has 2 aliphatic heterocycles. The maximum Gasteiger partial charge on any atom is 0.256 e. The van der Waals surface area contributed by atoms with E-state index in [-0.39, 0.29) is 23.9 Å². The van der Waals surface area contributed by atoms with Crippen LogP contribution in [0.4, 0.5) is 11.5 Å². The fraction of sp³-hybridized carbons (Fsp3) is 0.481. The van der Waals surface area contributed by atoms with Crippen molar-refractivity contribution in [2.24, 2.45) is 5.73 Å². The van der Waals surface area contributed by atoms with Gasteiger partial charge in [0, 0.05) is 50.4 Å². The normalized spacial score (nSPS) is 20.6. The van der Waals surface area contributed by atoms with E-state index in [1.807, 2.05) is 40.7 Å². The summed E-state index contributed by atoms with van der Waals surface area (Å²) in [6, 6.07) is 7.58. The van der Waals surface area contributed by atoms with Crippen molar-refractivity contribution < 1.29 is 9.59 Å². The summed E-state index contributed by atoms with van der Waals surface area (Å²) >= 11 is 0. The number of hydrogen-bond donors (Lipinski definition) is 2. The standard InChI is InChI=1S/C27H35N7O2/c1-17-9-10-22(29-19(3)35)21(13-17)27(36)33-12-5-4-8-24(33)23-14-25-30-26(18(2)15-34(25)31-23)32-11-6-7-20(28)16-32/h9-10,13-15,20,24H,4-8,11-12,16,28H2,1-3H3,(H,29,35)/t20?,24-/m0/s1. The summed E-state index contributed by atoms with van der Waals surface area (Å²) in [6.07, 6.45) is 6.93. The van der Waals surface area contributed by atoms with E-state index in [0.29, 0.717) is 17.8 Å². The third kappa shape index (κ3) is 4.80. The van der Waals surface area contributed by atoms with E-state index in [1.165, 1.54) is 6.92 Å². The van der Waals surface area contributed by atoms with E-state index >= 15 is 0 Å². The molecular weight excluding hydrogens is 454 g/mol. The topological polar surface area (TPSA) is 109 Å². The van der Waals surface area contributed by atoms with Crippen molar-refractivity contribution in [3.63, 3.8) is 0 Å². The Hall–Kier alpha value is -3.46. The first kappa shape index (κ1) is 24.2. The summed E-state index contributed by atoms with van der Waals surface area (Å²) in [5, 5.41) is 7.67. The molecule has 2 amide bonds. The van der Waals surface area contributed by atoms with Crippen LogP contribution >= 0.6 is 0 Å². The molecule has 0 saturated carbocycles. The summed E-state index contributed by atoms with van der Waals surface area (Å²) in [6.45, 7) is 7.87. The maximum absolute atomic E-state index is 13.8. The molecule has 3 aromatic rings. The van der Waals surface area contributed by atoms with Crippen molar-refractivity contribution in [2.45, 2.75) is 65.0 Å². The molecule has 0 spiro atoms. The number of carbonyl (C=O) groups excluding carboxylic acids is 2. The number of amides is 2. The van der Waals surface area contributed by atoms with Gasteiger partial charge in [-0.2, -0.15) is 5.10 Å². The average molecular weight is 490 g/mol. The number of aromatic nitrogens is 3. The largest absolute Gasteiger partial charge is 0.355 e. The van der Waals surface area contributed by atoms with Crippen LogP contribution in [0.1, 0.15) is 72.2 Å². The Morgan fingerprint density at radius 1 is 1.08 bits per heavy atom. The third-order valence-corrected chi connectivity index (χ3v) is 7.20. The van der Waals surface area contributed by atoms with Crippen LogP contribution in [0.3, 0.4) is 0 Å². The first-order chi connectivity index (χ1) is 17.3. The number of nitrogens with zero attached hydrogens (tertiary/aromatic N) is 5. The van der Waals surface area contributed by atoms with Crippen LogP contribution < -0.4 is 16.0 Å². The van der Waals surface area contributed by atoms with Gasteiger partial charge in [-0.25, -0.2) is 9.50 Å². The lowest BCUT2D eigenvalue weighted by Crippen LogP contribution is -2.43. The summed E-state index contributed by atoms with van der Waals surface area (Å²) in [5.74, 6) is 0.673. The van der Waals surface area contributed by atoms with Gasteiger partial charge in [0.25, 0.3) is 5.91 Å². The molecule has 2 fully saturated rings. The van der Waals surface area contributed by atoms with E-state index in [2.05, 4.69) is 17.1 Å². The molecule has 2 aromatic heterocycles. The van der Waals surface area contributed by atoms with Crippen LogP contribution in [0, 0.1) is 13.8 Å². The fourth-order valence-electron chi connectivity index (χ4n) is 5.48. The highest BCUT2D eigenvalue weighted by atomic mass is 16.2. The maximum atomic E-state index is 13.8. The molecule has 9 heteroatoms. The quantitative estimate of drug-likeness (QED) is 0.580. The van der Waals surface area contributed by atoms with Gasteiger partial charge in [-0.3, -0.25) is 9.59 Å². The van der Waals surface area contributed by atoms with Gasteiger partial charge >= 0.3 is 0 Å². The molecule has 1 unspecified atom stereocenters. The van der Waals surface area contributed by atoms with Crippen LogP contribution in [0.5, 0.6) is 0 Å². The Kier molecular flexibility index (Phi) is 6.66. The van der Waals surface area contributed by atoms with Crippen LogP contribution in [0.25, 0.3) is 5.65 Å². The molecule has 2 atom stereocenters. The molecular formula is C27H35N7O2. The zero-order chi connectivity index (χ0) is 25.4. The van der Waals surface area contributed by atoms with Gasteiger partial charge in [0.2, 0.25) is 5.91 Å². The van der Waals surface area contributed by atoms with E-state index in [9.17, 15) is 9.59 Å². The molecule has 36 heavy (non-hydrogen) atoms. The second-order valence-corrected chi connectivity index (χ2v) is 10.2. The Labute approximate surface area is 211 Å². The van der Waals surface area contributed by atoms with Gasteiger partial charge in [0.05, 0.1) is 23.0 Å². The molecule has 4 heterocycles. The van der Waals surface area contributed by atoms with Crippen LogP contribution in [0.15, 0.2) is 30.5 Å². The number of fused-ring (bicyclic) bond motifs is 1. The van der Waals surface area contributed by atoms with Gasteiger partial charge < -0.3 is 20.9 Å². The van der Waals surface area contributed by atoms with Crippen molar-refractivity contribution in [3.05, 3.63) is 52.8 Å². The van der Waals surface area contributed by atoms with Crippen molar-refractivity contribution >= 4 is 29.0 Å². The summed E-state index contributed by atoms with van der Waals surface area (Å²) in [7, 11) is 0. The number of anilines is 2. The van der Waals surface area contributed by atoms with Gasteiger partial charge in [0.15, 0.2) is 5.65 Å². The monoisotopic (exact) mass is 489 g/mol. The van der Waals surface area contributed by atoms with Gasteiger partial charge in [-0.1, -0.05) is 11.6 Å². The number of nitrogens with two attached hydrogens (primary N) is 1. The second kappa shape index (κ2) is 9.89. The van der Waals surface area contributed by atoms with Gasteiger partial charge in [-0.05, 0) is 58.1 Å². The number of aryl methyl sites for hydroxylation is 2. The molecule has 3 N–H and O–H groups in total. The fourth-order valence-corrected chi connectivity index (χ4v) is 5.48. The zero-order valence-corrected chi connectivity index (χ0v) is 21.3. The molecule has 0 aliphatic carbocycles. The zero-order valence-electron chi connectivity index (χ0n) is 21.3. The highest BCUT2D eigenvalue weighted by Gasteiger charge is 2.32. The lowest BCUT2D eigenvalue weighted by Gasteiger charge is -2.35. The number of likely N-dealkylation sites (tertiary alicyclic amines) is 1. The summed E-state index contributed by atoms with van der Waals surface area (Å²) in [5.41, 5.74) is 10.9. The number of rotatable bonds is 4. The minimum atomic E-state index is -0.199. The van der Waals surface area contributed by atoms with E-state index < -0.39 is 0 Å². The van der Waals surface area contributed by atoms with Crippen LogP contribution in [-0.4, -0.2) is 57.0 Å². The number of nitrogens with one attached hydrogen (secondary N) is 1. The Morgan fingerprint density at radius 2 is 1.92 bits per heavy atom. The molecule has 2 saturated heterocycles.